The van der Waals surface area contributed by atoms with Crippen LogP contribution in [0, 0.1) is 0 Å². The number of amides is 1. The summed E-state index contributed by atoms with van der Waals surface area (Å²) >= 11 is 6.30. The zero-order valence-corrected chi connectivity index (χ0v) is 19.0. The van der Waals surface area contributed by atoms with Crippen molar-refractivity contribution in [3.05, 3.63) is 52.5 Å². The summed E-state index contributed by atoms with van der Waals surface area (Å²) in [7, 11) is 2.36. The third-order valence-corrected chi connectivity index (χ3v) is 7.40. The summed E-state index contributed by atoms with van der Waals surface area (Å²) in [5.41, 5.74) is 1.00. The summed E-state index contributed by atoms with van der Waals surface area (Å²) in [6.45, 7) is 0.533. The van der Waals surface area contributed by atoms with Crippen molar-refractivity contribution < 1.29 is 22.7 Å². The lowest BCUT2D eigenvalue weighted by Gasteiger charge is -2.27. The van der Waals surface area contributed by atoms with Gasteiger partial charge < -0.3 is 14.4 Å². The molecule has 1 saturated heterocycles. The smallest absolute Gasteiger partial charge is 0.255 e. The Morgan fingerprint density at radius 2 is 1.87 bits per heavy atom. The van der Waals surface area contributed by atoms with Crippen molar-refractivity contribution in [2.75, 3.05) is 34.9 Å². The molecule has 1 fully saturated rings. The Morgan fingerprint density at radius 1 is 1.13 bits per heavy atom. The second-order valence-corrected chi connectivity index (χ2v) is 9.75. The van der Waals surface area contributed by atoms with Crippen molar-refractivity contribution in [2.45, 2.75) is 23.8 Å². The number of hydrogen-bond acceptors (Lipinski definition) is 5. The van der Waals surface area contributed by atoms with Gasteiger partial charge in [-0.3, -0.25) is 4.79 Å². The van der Waals surface area contributed by atoms with E-state index in [1.807, 2.05) is 12.1 Å². The number of halogens is 1. The molecule has 1 atom stereocenters. The molecule has 1 aliphatic heterocycles. The number of hydrogen-bond donors (Lipinski definition) is 0. The van der Waals surface area contributed by atoms with E-state index < -0.39 is 10.0 Å². The van der Waals surface area contributed by atoms with Gasteiger partial charge in [0.2, 0.25) is 10.0 Å². The minimum Gasteiger partial charge on any atom is -0.497 e. The normalized spacial score (nSPS) is 16.7. The summed E-state index contributed by atoms with van der Waals surface area (Å²) in [5, 5.41) is 0.209. The molecule has 1 aliphatic rings. The molecule has 0 N–H and O–H groups in total. The van der Waals surface area contributed by atoms with Crippen LogP contribution < -0.4 is 9.47 Å². The van der Waals surface area contributed by atoms with E-state index in [2.05, 4.69) is 0 Å². The predicted octanol–water partition coefficient (Wildman–Crippen LogP) is 3.58. The molecule has 0 bridgehead atoms. The fourth-order valence-corrected chi connectivity index (χ4v) is 4.75. The number of carbonyl (C=O) groups is 1. The summed E-state index contributed by atoms with van der Waals surface area (Å²) in [4.78, 5) is 15.2. The van der Waals surface area contributed by atoms with Crippen LogP contribution in [0.2, 0.25) is 5.02 Å². The number of nitrogens with zero attached hydrogens (tertiary/aromatic N) is 2. The Balaban J connectivity index is 2.02. The fourth-order valence-electron chi connectivity index (χ4n) is 3.63. The first-order valence-corrected chi connectivity index (χ1v) is 11.3. The number of carbonyl (C=O) groups excluding carboxylic acids is 1. The maximum absolute atomic E-state index is 13.4. The van der Waals surface area contributed by atoms with Crippen LogP contribution in [0.15, 0.2) is 41.3 Å². The van der Waals surface area contributed by atoms with Crippen molar-refractivity contribution in [3.8, 4) is 11.5 Å². The van der Waals surface area contributed by atoms with Gasteiger partial charge in [0, 0.05) is 26.2 Å². The van der Waals surface area contributed by atoms with Gasteiger partial charge in [-0.15, -0.1) is 0 Å². The van der Waals surface area contributed by atoms with Gasteiger partial charge in [-0.2, -0.15) is 0 Å². The molecule has 0 spiro atoms. The van der Waals surface area contributed by atoms with E-state index in [1.54, 1.807) is 25.2 Å². The van der Waals surface area contributed by atoms with E-state index in [1.165, 1.54) is 32.3 Å². The Bertz CT molecular complexity index is 1060. The SMILES string of the molecule is COc1ccc(OC)c(C2CCCN2C(=O)c2cc(S(=O)(=O)N(C)C)ccc2Cl)c1. The number of sulfonamides is 1. The number of rotatable bonds is 6. The molecule has 0 aromatic heterocycles. The Labute approximate surface area is 182 Å². The van der Waals surface area contributed by atoms with E-state index in [0.717, 1.165) is 22.7 Å². The number of methoxy groups -OCH3 is 2. The molecule has 0 radical (unpaired) electrons. The fraction of sp³-hybridized carbons (Fsp3) is 0.381. The molecule has 0 aliphatic carbocycles. The lowest BCUT2D eigenvalue weighted by Crippen LogP contribution is -2.31. The standard InChI is InChI=1S/C21H25ClN2O5S/c1-23(2)30(26,27)15-8-9-18(22)16(13-15)21(25)24-11-5-6-19(24)17-12-14(28-3)7-10-20(17)29-4/h7-10,12-13,19H,5-6,11H2,1-4H3. The van der Waals surface area contributed by atoms with Crippen LogP contribution in [0.25, 0.3) is 0 Å². The van der Waals surface area contributed by atoms with Crippen molar-refractivity contribution in [1.29, 1.82) is 0 Å². The van der Waals surface area contributed by atoms with Crippen molar-refractivity contribution in [1.82, 2.24) is 9.21 Å². The molecule has 1 amide bonds. The van der Waals surface area contributed by atoms with Crippen LogP contribution in [-0.2, 0) is 10.0 Å². The highest BCUT2D eigenvalue weighted by atomic mass is 35.5. The Morgan fingerprint density at radius 3 is 2.50 bits per heavy atom. The highest BCUT2D eigenvalue weighted by Gasteiger charge is 2.34. The quantitative estimate of drug-likeness (QED) is 0.669. The van der Waals surface area contributed by atoms with Crippen molar-refractivity contribution in [2.24, 2.45) is 0 Å². The summed E-state index contributed by atoms with van der Waals surface area (Å²) < 4.78 is 37.0. The van der Waals surface area contributed by atoms with Gasteiger partial charge in [-0.1, -0.05) is 11.6 Å². The molecule has 9 heteroatoms. The summed E-state index contributed by atoms with van der Waals surface area (Å²) in [6, 6.07) is 9.45. The zero-order valence-electron chi connectivity index (χ0n) is 17.4. The second kappa shape index (κ2) is 8.83. The summed E-state index contributed by atoms with van der Waals surface area (Å²) in [5.74, 6) is 1.01. The zero-order chi connectivity index (χ0) is 22.1. The number of likely N-dealkylation sites (tertiary alicyclic amines) is 1. The largest absolute Gasteiger partial charge is 0.497 e. The Hall–Kier alpha value is -2.29. The van der Waals surface area contributed by atoms with Crippen molar-refractivity contribution in [3.63, 3.8) is 0 Å². The lowest BCUT2D eigenvalue weighted by molar-refractivity contribution is 0.0734. The van der Waals surface area contributed by atoms with Crippen LogP contribution in [0.3, 0.4) is 0 Å². The van der Waals surface area contributed by atoms with Crippen LogP contribution >= 0.6 is 11.6 Å². The molecule has 7 nitrogen and oxygen atoms in total. The van der Waals surface area contributed by atoms with Gasteiger partial charge in [0.1, 0.15) is 11.5 Å². The van der Waals surface area contributed by atoms with Gasteiger partial charge in [0.15, 0.2) is 0 Å². The minimum atomic E-state index is -3.69. The van der Waals surface area contributed by atoms with Crippen LogP contribution in [0.1, 0.15) is 34.8 Å². The number of ether oxygens (including phenoxy) is 2. The predicted molar refractivity (Wildman–Crippen MR) is 115 cm³/mol. The minimum absolute atomic E-state index is 0.0231. The highest BCUT2D eigenvalue weighted by molar-refractivity contribution is 7.89. The van der Waals surface area contributed by atoms with E-state index in [0.29, 0.717) is 18.0 Å². The molecule has 0 saturated carbocycles. The monoisotopic (exact) mass is 452 g/mol. The first-order valence-electron chi connectivity index (χ1n) is 9.45. The lowest BCUT2D eigenvalue weighted by atomic mass is 10.0. The van der Waals surface area contributed by atoms with Gasteiger partial charge in [0.05, 0.1) is 35.7 Å². The average Bonchev–Trinajstić information content (AvgIpc) is 3.22. The van der Waals surface area contributed by atoms with Crippen LogP contribution in [0.5, 0.6) is 11.5 Å². The topological polar surface area (TPSA) is 76.1 Å². The second-order valence-electron chi connectivity index (χ2n) is 7.19. The molecule has 162 valence electrons. The number of benzene rings is 2. The van der Waals surface area contributed by atoms with Gasteiger partial charge in [-0.05, 0) is 49.2 Å². The van der Waals surface area contributed by atoms with Crippen molar-refractivity contribution >= 4 is 27.5 Å². The molecule has 1 unspecified atom stereocenters. The summed E-state index contributed by atoms with van der Waals surface area (Å²) in [6.07, 6.45) is 1.56. The maximum Gasteiger partial charge on any atom is 0.255 e. The highest BCUT2D eigenvalue weighted by Crippen LogP contribution is 2.40. The molecular formula is C21H25ClN2O5S. The molecule has 3 rings (SSSR count). The van der Waals surface area contributed by atoms with E-state index >= 15 is 0 Å². The third kappa shape index (κ3) is 4.12. The maximum atomic E-state index is 13.4. The van der Waals surface area contributed by atoms with E-state index in [9.17, 15) is 13.2 Å². The van der Waals surface area contributed by atoms with Crippen LogP contribution in [0.4, 0.5) is 0 Å². The average molecular weight is 453 g/mol. The van der Waals surface area contributed by atoms with E-state index in [4.69, 9.17) is 21.1 Å². The molecule has 2 aromatic rings. The molecule has 2 aromatic carbocycles. The van der Waals surface area contributed by atoms with Gasteiger partial charge >= 0.3 is 0 Å². The molecule has 30 heavy (non-hydrogen) atoms. The Kier molecular flexibility index (Phi) is 6.59. The first-order chi connectivity index (χ1) is 14.2. The van der Waals surface area contributed by atoms with Gasteiger partial charge in [0.25, 0.3) is 5.91 Å². The van der Waals surface area contributed by atoms with Crippen LogP contribution in [-0.4, -0.2) is 58.4 Å². The first kappa shape index (κ1) is 22.4. The van der Waals surface area contributed by atoms with E-state index in [-0.39, 0.29) is 27.4 Å². The molecule has 1 heterocycles. The third-order valence-electron chi connectivity index (χ3n) is 5.26. The van der Waals surface area contributed by atoms with Gasteiger partial charge in [-0.25, -0.2) is 12.7 Å². The molecular weight excluding hydrogens is 428 g/mol.